The van der Waals surface area contributed by atoms with Crippen LogP contribution in [0.25, 0.3) is 0 Å². The van der Waals surface area contributed by atoms with Crippen LogP contribution in [0.4, 0.5) is 10.5 Å². The molecule has 1 N–H and O–H groups in total. The van der Waals surface area contributed by atoms with Gasteiger partial charge in [0.05, 0.1) is 11.4 Å². The van der Waals surface area contributed by atoms with Crippen LogP contribution in [-0.2, 0) is 7.05 Å². The lowest BCUT2D eigenvalue weighted by Crippen LogP contribution is -2.16. The zero-order valence-electron chi connectivity index (χ0n) is 9.68. The van der Waals surface area contributed by atoms with Crippen LogP contribution in [0.15, 0.2) is 36.5 Å². The van der Waals surface area contributed by atoms with E-state index < -0.39 is 6.09 Å². The first-order valence-corrected chi connectivity index (χ1v) is 5.19. The molecule has 1 heterocycles. The Hall–Kier alpha value is -2.30. The van der Waals surface area contributed by atoms with E-state index in [4.69, 9.17) is 4.74 Å². The number of nitrogens with zero attached hydrogens (tertiary/aromatic N) is 2. The first-order valence-electron chi connectivity index (χ1n) is 5.19. The maximum atomic E-state index is 11.6. The fourth-order valence-corrected chi connectivity index (χ4v) is 1.45. The fraction of sp³-hybridized carbons (Fsp3) is 0.167. The summed E-state index contributed by atoms with van der Waals surface area (Å²) in [6.07, 6.45) is 1.20. The number of aryl methyl sites for hydroxylation is 2. The highest BCUT2D eigenvalue weighted by Crippen LogP contribution is 2.13. The van der Waals surface area contributed by atoms with Crippen molar-refractivity contribution in [2.24, 2.45) is 7.05 Å². The standard InChI is InChI=1S/C12H13N3O2/c1-9-11(8-15(2)14-9)13-12(16)17-10-6-4-3-5-7-10/h3-8H,1-2H3,(H,13,16). The quantitative estimate of drug-likeness (QED) is 0.863. The van der Waals surface area contributed by atoms with Crippen LogP contribution in [-0.4, -0.2) is 15.9 Å². The van der Waals surface area contributed by atoms with Crippen molar-refractivity contribution in [1.82, 2.24) is 9.78 Å². The van der Waals surface area contributed by atoms with E-state index in [1.54, 1.807) is 42.2 Å². The molecular formula is C12H13N3O2. The van der Waals surface area contributed by atoms with Gasteiger partial charge in [0.25, 0.3) is 0 Å². The molecule has 1 aromatic heterocycles. The summed E-state index contributed by atoms with van der Waals surface area (Å²) < 4.78 is 6.73. The van der Waals surface area contributed by atoms with E-state index in [0.29, 0.717) is 11.4 Å². The number of hydrogen-bond acceptors (Lipinski definition) is 3. The third-order valence-electron chi connectivity index (χ3n) is 2.20. The van der Waals surface area contributed by atoms with E-state index >= 15 is 0 Å². The Kier molecular flexibility index (Phi) is 3.09. The molecule has 2 rings (SSSR count). The molecule has 0 aliphatic rings. The second kappa shape index (κ2) is 4.69. The molecule has 1 aromatic carbocycles. The summed E-state index contributed by atoms with van der Waals surface area (Å²) in [5.74, 6) is 0.506. The maximum Gasteiger partial charge on any atom is 0.417 e. The van der Waals surface area contributed by atoms with Crippen molar-refractivity contribution in [2.75, 3.05) is 5.32 Å². The van der Waals surface area contributed by atoms with Gasteiger partial charge >= 0.3 is 6.09 Å². The number of aromatic nitrogens is 2. The lowest BCUT2D eigenvalue weighted by Gasteiger charge is -2.04. The van der Waals surface area contributed by atoms with Crippen LogP contribution < -0.4 is 10.1 Å². The Morgan fingerprint density at radius 2 is 2.06 bits per heavy atom. The molecule has 2 aromatic rings. The van der Waals surface area contributed by atoms with Gasteiger partial charge < -0.3 is 4.74 Å². The van der Waals surface area contributed by atoms with Crippen LogP contribution in [0.5, 0.6) is 5.75 Å². The SMILES string of the molecule is Cc1nn(C)cc1NC(=O)Oc1ccccc1. The van der Waals surface area contributed by atoms with Crippen LogP contribution in [0.2, 0.25) is 0 Å². The molecule has 0 saturated heterocycles. The molecule has 0 aliphatic carbocycles. The molecule has 0 saturated carbocycles. The summed E-state index contributed by atoms with van der Waals surface area (Å²) in [7, 11) is 1.79. The molecule has 5 heteroatoms. The van der Waals surface area contributed by atoms with Crippen molar-refractivity contribution in [1.29, 1.82) is 0 Å². The third-order valence-corrected chi connectivity index (χ3v) is 2.20. The molecule has 0 spiro atoms. The highest BCUT2D eigenvalue weighted by molar-refractivity contribution is 5.86. The third kappa shape index (κ3) is 2.84. The van der Waals surface area contributed by atoms with Crippen molar-refractivity contribution >= 4 is 11.8 Å². The second-order valence-corrected chi connectivity index (χ2v) is 3.63. The predicted molar refractivity (Wildman–Crippen MR) is 64.0 cm³/mol. The summed E-state index contributed by atoms with van der Waals surface area (Å²) in [4.78, 5) is 11.6. The van der Waals surface area contributed by atoms with Crippen LogP contribution in [0, 0.1) is 6.92 Å². The Morgan fingerprint density at radius 1 is 1.35 bits per heavy atom. The maximum absolute atomic E-state index is 11.6. The monoisotopic (exact) mass is 231 g/mol. The minimum absolute atomic E-state index is 0.506. The number of anilines is 1. The molecule has 0 atom stereocenters. The highest BCUT2D eigenvalue weighted by Gasteiger charge is 2.09. The van der Waals surface area contributed by atoms with Gasteiger partial charge in [-0.05, 0) is 19.1 Å². The van der Waals surface area contributed by atoms with Gasteiger partial charge in [-0.15, -0.1) is 0 Å². The van der Waals surface area contributed by atoms with E-state index in [1.807, 2.05) is 13.0 Å². The molecule has 0 unspecified atom stereocenters. The van der Waals surface area contributed by atoms with Gasteiger partial charge in [0, 0.05) is 13.2 Å². The zero-order chi connectivity index (χ0) is 12.3. The number of rotatable bonds is 2. The molecule has 17 heavy (non-hydrogen) atoms. The molecule has 0 fully saturated rings. The minimum atomic E-state index is -0.521. The zero-order valence-corrected chi connectivity index (χ0v) is 9.68. The molecule has 0 radical (unpaired) electrons. The average Bonchev–Trinajstić information content (AvgIpc) is 2.58. The van der Waals surface area contributed by atoms with Crippen molar-refractivity contribution in [2.45, 2.75) is 6.92 Å². The topological polar surface area (TPSA) is 56.2 Å². The number of amides is 1. The Bertz CT molecular complexity index is 520. The van der Waals surface area contributed by atoms with E-state index in [-0.39, 0.29) is 0 Å². The molecule has 0 bridgehead atoms. The average molecular weight is 231 g/mol. The smallest absolute Gasteiger partial charge is 0.410 e. The van der Waals surface area contributed by atoms with Crippen LogP contribution >= 0.6 is 0 Å². The van der Waals surface area contributed by atoms with Gasteiger partial charge in [0.2, 0.25) is 0 Å². The number of benzene rings is 1. The van der Waals surface area contributed by atoms with Crippen molar-refractivity contribution in [3.8, 4) is 5.75 Å². The Balaban J connectivity index is 2.01. The van der Waals surface area contributed by atoms with E-state index in [1.165, 1.54) is 0 Å². The van der Waals surface area contributed by atoms with E-state index in [0.717, 1.165) is 5.69 Å². The Morgan fingerprint density at radius 3 is 2.65 bits per heavy atom. The largest absolute Gasteiger partial charge is 0.417 e. The number of nitrogens with one attached hydrogen (secondary N) is 1. The normalized spacial score (nSPS) is 10.0. The first-order chi connectivity index (χ1) is 8.15. The number of carbonyl (C=O) groups is 1. The number of hydrogen-bond donors (Lipinski definition) is 1. The van der Waals surface area contributed by atoms with E-state index in [9.17, 15) is 4.79 Å². The summed E-state index contributed by atoms with van der Waals surface area (Å²) in [6.45, 7) is 1.82. The van der Waals surface area contributed by atoms with Crippen LogP contribution in [0.1, 0.15) is 5.69 Å². The van der Waals surface area contributed by atoms with Crippen LogP contribution in [0.3, 0.4) is 0 Å². The molecule has 1 amide bonds. The van der Waals surface area contributed by atoms with Crippen molar-refractivity contribution < 1.29 is 9.53 Å². The predicted octanol–water partition coefficient (Wildman–Crippen LogP) is 2.34. The van der Waals surface area contributed by atoms with Gasteiger partial charge in [-0.1, -0.05) is 18.2 Å². The number of carbonyl (C=O) groups excluding carboxylic acids is 1. The molecule has 5 nitrogen and oxygen atoms in total. The first kappa shape index (κ1) is 11.2. The molecule has 0 aliphatic heterocycles. The summed E-state index contributed by atoms with van der Waals surface area (Å²) in [6, 6.07) is 8.90. The van der Waals surface area contributed by atoms with Crippen molar-refractivity contribution in [3.63, 3.8) is 0 Å². The Labute approximate surface area is 99.0 Å². The summed E-state index contributed by atoms with van der Waals surface area (Å²) in [5, 5.41) is 6.75. The lowest BCUT2D eigenvalue weighted by atomic mass is 10.3. The number of para-hydroxylation sites is 1. The van der Waals surface area contributed by atoms with Gasteiger partial charge in [-0.25, -0.2) is 4.79 Å². The lowest BCUT2D eigenvalue weighted by molar-refractivity contribution is 0.215. The summed E-state index contributed by atoms with van der Waals surface area (Å²) >= 11 is 0. The highest BCUT2D eigenvalue weighted by atomic mass is 16.6. The van der Waals surface area contributed by atoms with Gasteiger partial charge in [0.15, 0.2) is 0 Å². The van der Waals surface area contributed by atoms with Crippen molar-refractivity contribution in [3.05, 3.63) is 42.2 Å². The molecular weight excluding hydrogens is 218 g/mol. The van der Waals surface area contributed by atoms with Gasteiger partial charge in [-0.2, -0.15) is 5.10 Å². The number of ether oxygens (including phenoxy) is 1. The second-order valence-electron chi connectivity index (χ2n) is 3.63. The van der Waals surface area contributed by atoms with Gasteiger partial charge in [-0.3, -0.25) is 10.00 Å². The van der Waals surface area contributed by atoms with Gasteiger partial charge in [0.1, 0.15) is 5.75 Å². The fourth-order valence-electron chi connectivity index (χ4n) is 1.45. The minimum Gasteiger partial charge on any atom is -0.410 e. The summed E-state index contributed by atoms with van der Waals surface area (Å²) in [5.41, 5.74) is 1.39. The van der Waals surface area contributed by atoms with E-state index in [2.05, 4.69) is 10.4 Å². The molecule has 88 valence electrons.